The fraction of sp³-hybridized carbons (Fsp3) is 0.125. The number of nitrogens with zero attached hydrogens (tertiary/aromatic N) is 1. The van der Waals surface area contributed by atoms with E-state index >= 15 is 0 Å². The molecule has 0 aromatic heterocycles. The Morgan fingerprint density at radius 2 is 1.21 bits per heavy atom. The minimum atomic E-state index is -0.285. The van der Waals surface area contributed by atoms with E-state index in [2.05, 4.69) is 121 Å². The van der Waals surface area contributed by atoms with Crippen LogP contribution in [0, 0.1) is 5.92 Å². The van der Waals surface area contributed by atoms with Gasteiger partial charge in [0.1, 0.15) is 0 Å². The second-order valence-electron chi connectivity index (χ2n) is 9.75. The number of hydrogen-bond acceptors (Lipinski definition) is 1. The lowest BCUT2D eigenvalue weighted by atomic mass is 9.61. The zero-order valence-electron chi connectivity index (χ0n) is 18.5. The second kappa shape index (κ2) is 5.94. The van der Waals surface area contributed by atoms with Crippen LogP contribution in [-0.2, 0) is 5.41 Å². The van der Waals surface area contributed by atoms with Gasteiger partial charge in [0.25, 0.3) is 0 Å². The molecule has 0 radical (unpaired) electrons. The van der Waals surface area contributed by atoms with Crippen molar-refractivity contribution in [2.45, 2.75) is 18.3 Å². The van der Waals surface area contributed by atoms with Gasteiger partial charge in [-0.2, -0.15) is 0 Å². The molecule has 33 heavy (non-hydrogen) atoms. The molecule has 0 N–H and O–H groups in total. The van der Waals surface area contributed by atoms with E-state index in [1.807, 2.05) is 0 Å². The van der Waals surface area contributed by atoms with Crippen molar-refractivity contribution in [3.05, 3.63) is 143 Å². The fourth-order valence-electron chi connectivity index (χ4n) is 7.16. The molecule has 2 unspecified atom stereocenters. The molecule has 1 nitrogen and oxygen atoms in total. The first-order valence-corrected chi connectivity index (χ1v) is 11.9. The molecule has 0 saturated carbocycles. The van der Waals surface area contributed by atoms with E-state index in [1.165, 1.54) is 56.0 Å². The highest BCUT2D eigenvalue weighted by Gasteiger charge is 2.55. The first-order valence-electron chi connectivity index (χ1n) is 11.9. The fourth-order valence-corrected chi connectivity index (χ4v) is 7.16. The lowest BCUT2D eigenvalue weighted by Gasteiger charge is -2.46. The summed E-state index contributed by atoms with van der Waals surface area (Å²) in [5.41, 5.74) is 13.7. The second-order valence-corrected chi connectivity index (χ2v) is 9.75. The van der Waals surface area contributed by atoms with Crippen LogP contribution in [0.2, 0.25) is 0 Å². The maximum Gasteiger partial charge on any atom is 0.0751 e. The van der Waals surface area contributed by atoms with Crippen LogP contribution in [0.3, 0.4) is 0 Å². The van der Waals surface area contributed by atoms with Crippen LogP contribution < -0.4 is 4.90 Å². The molecule has 4 aromatic carbocycles. The molecule has 2 aliphatic heterocycles. The van der Waals surface area contributed by atoms with Gasteiger partial charge in [0.05, 0.1) is 11.1 Å². The van der Waals surface area contributed by atoms with Gasteiger partial charge in [0.2, 0.25) is 0 Å². The highest BCUT2D eigenvalue weighted by Crippen LogP contribution is 2.66. The summed E-state index contributed by atoms with van der Waals surface area (Å²) in [5, 5.41) is 0. The summed E-state index contributed by atoms with van der Waals surface area (Å²) in [5.74, 6) is 0.843. The first-order chi connectivity index (χ1) is 16.3. The van der Waals surface area contributed by atoms with Crippen molar-refractivity contribution in [3.63, 3.8) is 0 Å². The monoisotopic (exact) mass is 421 g/mol. The first kappa shape index (κ1) is 17.7. The van der Waals surface area contributed by atoms with Gasteiger partial charge in [-0.3, -0.25) is 0 Å². The quantitative estimate of drug-likeness (QED) is 0.281. The maximum absolute atomic E-state index is 2.57. The van der Waals surface area contributed by atoms with Crippen LogP contribution in [-0.4, -0.2) is 0 Å². The van der Waals surface area contributed by atoms with E-state index in [9.17, 15) is 0 Å². The third-order valence-corrected chi connectivity index (χ3v) is 8.32. The Balaban J connectivity index is 1.60. The standard InChI is InChI=1S/C32H23N/c1-20-18-19-27-31-30(20)23-12-4-8-16-28(23)33(31)29-17-9-7-15-26(29)32(27)24-13-5-2-10-21(24)22-11-3-6-14-25(22)32/h2-20,30H,1H3. The number of benzene rings is 4. The third kappa shape index (κ3) is 1.88. The summed E-state index contributed by atoms with van der Waals surface area (Å²) in [6.07, 6.45) is 4.90. The van der Waals surface area contributed by atoms with Crippen molar-refractivity contribution in [3.8, 4) is 11.1 Å². The summed E-state index contributed by atoms with van der Waals surface area (Å²) >= 11 is 0. The van der Waals surface area contributed by atoms with Crippen LogP contribution in [0.5, 0.6) is 0 Å². The molecule has 2 heterocycles. The number of rotatable bonds is 0. The lowest BCUT2D eigenvalue weighted by Crippen LogP contribution is -2.39. The SMILES string of the molecule is CC1C=CC2=C3C1c1ccccc1N3c1ccccc1C21c2ccccc2-c2ccccc21. The molecule has 0 bridgehead atoms. The van der Waals surface area contributed by atoms with E-state index in [0.717, 1.165) is 0 Å². The van der Waals surface area contributed by atoms with Crippen molar-refractivity contribution in [2.75, 3.05) is 4.90 Å². The van der Waals surface area contributed by atoms with E-state index < -0.39 is 0 Å². The number of allylic oxidation sites excluding steroid dienone is 4. The summed E-state index contributed by atoms with van der Waals surface area (Å²) < 4.78 is 0. The summed E-state index contributed by atoms with van der Waals surface area (Å²) in [4.78, 5) is 2.57. The minimum absolute atomic E-state index is 0.285. The predicted octanol–water partition coefficient (Wildman–Crippen LogP) is 7.71. The van der Waals surface area contributed by atoms with Crippen LogP contribution in [0.4, 0.5) is 11.4 Å². The average molecular weight is 422 g/mol. The Kier molecular flexibility index (Phi) is 3.18. The largest absolute Gasteiger partial charge is 0.313 e. The third-order valence-electron chi connectivity index (χ3n) is 8.32. The zero-order valence-corrected chi connectivity index (χ0v) is 18.5. The Bertz CT molecular complexity index is 1510. The van der Waals surface area contributed by atoms with E-state index in [-0.39, 0.29) is 5.41 Å². The zero-order chi connectivity index (χ0) is 21.7. The summed E-state index contributed by atoms with van der Waals surface area (Å²) in [6.45, 7) is 2.37. The van der Waals surface area contributed by atoms with E-state index in [0.29, 0.717) is 11.8 Å². The van der Waals surface area contributed by atoms with Gasteiger partial charge in [-0.25, -0.2) is 0 Å². The van der Waals surface area contributed by atoms with E-state index in [1.54, 1.807) is 0 Å². The van der Waals surface area contributed by atoms with Crippen LogP contribution >= 0.6 is 0 Å². The van der Waals surface area contributed by atoms with Gasteiger partial charge in [-0.05, 0) is 57.0 Å². The van der Waals surface area contributed by atoms with E-state index in [4.69, 9.17) is 0 Å². The normalized spacial score (nSPS) is 22.0. The molecule has 0 fully saturated rings. The minimum Gasteiger partial charge on any atom is -0.313 e. The molecule has 0 amide bonds. The summed E-state index contributed by atoms with van der Waals surface area (Å²) in [7, 11) is 0. The molecule has 4 aromatic rings. The Hall–Kier alpha value is -3.84. The molecule has 8 rings (SSSR count). The van der Waals surface area contributed by atoms with Gasteiger partial charge in [-0.1, -0.05) is 104 Å². The molecule has 2 aliphatic carbocycles. The Labute approximate surface area is 194 Å². The van der Waals surface area contributed by atoms with Crippen LogP contribution in [0.15, 0.2) is 120 Å². The average Bonchev–Trinajstić information content (AvgIpc) is 3.37. The number of fused-ring (bicyclic) bond motifs is 12. The number of para-hydroxylation sites is 2. The molecule has 1 spiro atoms. The van der Waals surface area contributed by atoms with Gasteiger partial charge < -0.3 is 4.90 Å². The van der Waals surface area contributed by atoms with Crippen molar-refractivity contribution in [1.82, 2.24) is 0 Å². The highest BCUT2D eigenvalue weighted by atomic mass is 15.2. The number of hydrogen-bond donors (Lipinski definition) is 0. The van der Waals surface area contributed by atoms with Crippen molar-refractivity contribution in [1.29, 1.82) is 0 Å². The van der Waals surface area contributed by atoms with Crippen molar-refractivity contribution in [2.24, 2.45) is 5.92 Å². The molecule has 2 atom stereocenters. The van der Waals surface area contributed by atoms with Gasteiger partial charge in [0.15, 0.2) is 0 Å². The summed E-state index contributed by atoms with van der Waals surface area (Å²) in [6, 6.07) is 36.2. The van der Waals surface area contributed by atoms with Crippen molar-refractivity contribution < 1.29 is 0 Å². The van der Waals surface area contributed by atoms with Gasteiger partial charge in [-0.15, -0.1) is 0 Å². The molecule has 1 heteroatoms. The highest BCUT2D eigenvalue weighted by molar-refractivity contribution is 5.94. The molecular weight excluding hydrogens is 398 g/mol. The molecule has 156 valence electrons. The van der Waals surface area contributed by atoms with Crippen LogP contribution in [0.25, 0.3) is 11.1 Å². The van der Waals surface area contributed by atoms with Gasteiger partial charge >= 0.3 is 0 Å². The molecule has 0 saturated heterocycles. The maximum atomic E-state index is 2.57. The van der Waals surface area contributed by atoms with Gasteiger partial charge in [0, 0.05) is 17.3 Å². The molecular formula is C32H23N. The Morgan fingerprint density at radius 1 is 0.636 bits per heavy atom. The predicted molar refractivity (Wildman–Crippen MR) is 135 cm³/mol. The van der Waals surface area contributed by atoms with Crippen molar-refractivity contribution >= 4 is 11.4 Å². The lowest BCUT2D eigenvalue weighted by molar-refractivity contribution is 0.585. The van der Waals surface area contributed by atoms with Crippen LogP contribution in [0.1, 0.15) is 35.1 Å². The number of anilines is 2. The topological polar surface area (TPSA) is 3.24 Å². The molecule has 4 aliphatic rings. The Morgan fingerprint density at radius 3 is 1.94 bits per heavy atom. The smallest absolute Gasteiger partial charge is 0.0751 e.